The second-order valence-corrected chi connectivity index (χ2v) is 3.97. The minimum atomic E-state index is -0.321. The van der Waals surface area contributed by atoms with Gasteiger partial charge in [0.25, 0.3) is 0 Å². The molecule has 0 aromatic heterocycles. The zero-order chi connectivity index (χ0) is 14.3. The summed E-state index contributed by atoms with van der Waals surface area (Å²) in [5.74, 6) is 2.06. The Kier molecular flexibility index (Phi) is 6.45. The van der Waals surface area contributed by atoms with Gasteiger partial charge in [-0.25, -0.2) is 0 Å². The van der Waals surface area contributed by atoms with Crippen molar-refractivity contribution in [1.29, 1.82) is 0 Å². The van der Waals surface area contributed by atoms with Crippen LogP contribution in [0.1, 0.15) is 32.4 Å². The molecule has 19 heavy (non-hydrogen) atoms. The molecule has 0 radical (unpaired) electrons. The molecule has 1 rings (SSSR count). The predicted molar refractivity (Wildman–Crippen MR) is 75.9 cm³/mol. The number of hydrogen-bond acceptors (Lipinski definition) is 5. The van der Waals surface area contributed by atoms with E-state index in [-0.39, 0.29) is 6.04 Å². The number of benzene rings is 1. The van der Waals surface area contributed by atoms with Gasteiger partial charge in [-0.05, 0) is 20.8 Å². The van der Waals surface area contributed by atoms with E-state index in [1.807, 2.05) is 32.9 Å². The van der Waals surface area contributed by atoms with Crippen molar-refractivity contribution >= 4 is 0 Å². The minimum absolute atomic E-state index is 0.321. The van der Waals surface area contributed by atoms with E-state index in [0.29, 0.717) is 43.6 Å². The average molecular weight is 268 g/mol. The lowest BCUT2D eigenvalue weighted by atomic mass is 10.0. The van der Waals surface area contributed by atoms with Crippen molar-refractivity contribution in [3.05, 3.63) is 17.7 Å². The summed E-state index contributed by atoms with van der Waals surface area (Å²) in [6.07, 6.45) is 0. The molecule has 0 bridgehead atoms. The van der Waals surface area contributed by atoms with Crippen LogP contribution >= 0.6 is 0 Å². The standard InChI is InChI=1S/C14H24N2O3/c1-4-17-10-7-12(18-5-2)14(11(16)9-15)13(8-10)19-6-3/h7-8,11H,4-6,9,15-16H2,1-3H3. The third-order valence-corrected chi connectivity index (χ3v) is 2.61. The summed E-state index contributed by atoms with van der Waals surface area (Å²) < 4.78 is 16.8. The molecular formula is C14H24N2O3. The molecule has 5 heteroatoms. The molecule has 0 fully saturated rings. The highest BCUT2D eigenvalue weighted by Crippen LogP contribution is 2.37. The maximum absolute atomic E-state index is 6.05. The van der Waals surface area contributed by atoms with E-state index in [0.717, 1.165) is 5.56 Å². The first-order chi connectivity index (χ1) is 9.17. The van der Waals surface area contributed by atoms with Crippen molar-refractivity contribution in [2.75, 3.05) is 26.4 Å². The van der Waals surface area contributed by atoms with Gasteiger partial charge in [0.1, 0.15) is 17.2 Å². The largest absolute Gasteiger partial charge is 0.494 e. The molecule has 0 aliphatic rings. The number of rotatable bonds is 8. The SMILES string of the molecule is CCOc1cc(OCC)c(C(N)CN)c(OCC)c1. The topological polar surface area (TPSA) is 79.7 Å². The van der Waals surface area contributed by atoms with Gasteiger partial charge in [0.2, 0.25) is 0 Å². The highest BCUT2D eigenvalue weighted by atomic mass is 16.5. The molecule has 1 atom stereocenters. The number of hydrogen-bond donors (Lipinski definition) is 2. The second kappa shape index (κ2) is 7.86. The van der Waals surface area contributed by atoms with Crippen molar-refractivity contribution in [2.24, 2.45) is 11.5 Å². The lowest BCUT2D eigenvalue weighted by Crippen LogP contribution is -2.22. The Morgan fingerprint density at radius 3 is 1.79 bits per heavy atom. The fourth-order valence-electron chi connectivity index (χ4n) is 1.86. The van der Waals surface area contributed by atoms with E-state index in [9.17, 15) is 0 Å². The Bertz CT molecular complexity index is 369. The van der Waals surface area contributed by atoms with Crippen LogP contribution in [0.25, 0.3) is 0 Å². The van der Waals surface area contributed by atoms with Crippen LogP contribution in [0.5, 0.6) is 17.2 Å². The zero-order valence-corrected chi connectivity index (χ0v) is 11.9. The molecule has 0 aliphatic carbocycles. The van der Waals surface area contributed by atoms with Gasteiger partial charge < -0.3 is 25.7 Å². The summed E-state index contributed by atoms with van der Waals surface area (Å²) >= 11 is 0. The normalized spacial score (nSPS) is 12.1. The van der Waals surface area contributed by atoms with Gasteiger partial charge in [0.15, 0.2) is 0 Å². The lowest BCUT2D eigenvalue weighted by Gasteiger charge is -2.20. The first-order valence-electron chi connectivity index (χ1n) is 6.69. The fraction of sp³-hybridized carbons (Fsp3) is 0.571. The highest BCUT2D eigenvalue weighted by molar-refractivity contribution is 5.52. The molecule has 108 valence electrons. The van der Waals surface area contributed by atoms with Crippen LogP contribution in [0.4, 0.5) is 0 Å². The summed E-state index contributed by atoms with van der Waals surface area (Å²) in [5.41, 5.74) is 12.5. The van der Waals surface area contributed by atoms with Gasteiger partial charge in [-0.2, -0.15) is 0 Å². The third-order valence-electron chi connectivity index (χ3n) is 2.61. The van der Waals surface area contributed by atoms with E-state index in [1.165, 1.54) is 0 Å². The summed E-state index contributed by atoms with van der Waals surface area (Å²) in [4.78, 5) is 0. The summed E-state index contributed by atoms with van der Waals surface area (Å²) in [6.45, 7) is 7.78. The molecule has 0 spiro atoms. The Balaban J connectivity index is 3.27. The minimum Gasteiger partial charge on any atom is -0.494 e. The molecule has 0 saturated carbocycles. The van der Waals surface area contributed by atoms with E-state index < -0.39 is 0 Å². The Morgan fingerprint density at radius 2 is 1.42 bits per heavy atom. The van der Waals surface area contributed by atoms with Crippen molar-refractivity contribution in [3.8, 4) is 17.2 Å². The summed E-state index contributed by atoms with van der Waals surface area (Å²) in [6, 6.07) is 3.35. The first-order valence-corrected chi connectivity index (χ1v) is 6.69. The van der Waals surface area contributed by atoms with Gasteiger partial charge in [-0.3, -0.25) is 0 Å². The quantitative estimate of drug-likeness (QED) is 0.752. The molecule has 0 saturated heterocycles. The van der Waals surface area contributed by atoms with Crippen LogP contribution in [0.15, 0.2) is 12.1 Å². The molecule has 5 nitrogen and oxygen atoms in total. The average Bonchev–Trinajstić information content (AvgIpc) is 2.39. The lowest BCUT2D eigenvalue weighted by molar-refractivity contribution is 0.299. The van der Waals surface area contributed by atoms with Gasteiger partial charge in [-0.15, -0.1) is 0 Å². The summed E-state index contributed by atoms with van der Waals surface area (Å²) in [7, 11) is 0. The van der Waals surface area contributed by atoms with Crippen LogP contribution in [0.3, 0.4) is 0 Å². The van der Waals surface area contributed by atoms with Crippen LogP contribution in [-0.4, -0.2) is 26.4 Å². The van der Waals surface area contributed by atoms with Crippen molar-refractivity contribution in [3.63, 3.8) is 0 Å². The van der Waals surface area contributed by atoms with Gasteiger partial charge in [0, 0.05) is 24.7 Å². The Labute approximate surface area is 114 Å². The number of ether oxygens (including phenoxy) is 3. The molecular weight excluding hydrogens is 244 g/mol. The van der Waals surface area contributed by atoms with Crippen LogP contribution < -0.4 is 25.7 Å². The zero-order valence-electron chi connectivity index (χ0n) is 11.9. The summed E-state index contributed by atoms with van der Waals surface area (Å²) in [5, 5.41) is 0. The highest BCUT2D eigenvalue weighted by Gasteiger charge is 2.19. The third kappa shape index (κ3) is 4.01. The smallest absolute Gasteiger partial charge is 0.131 e. The second-order valence-electron chi connectivity index (χ2n) is 3.97. The van der Waals surface area contributed by atoms with E-state index in [1.54, 1.807) is 0 Å². The monoisotopic (exact) mass is 268 g/mol. The Morgan fingerprint density at radius 1 is 0.947 bits per heavy atom. The predicted octanol–water partition coefficient (Wildman–Crippen LogP) is 1.84. The van der Waals surface area contributed by atoms with Crippen molar-refractivity contribution in [1.82, 2.24) is 0 Å². The maximum atomic E-state index is 6.05. The fourth-order valence-corrected chi connectivity index (χ4v) is 1.86. The van der Waals surface area contributed by atoms with Crippen molar-refractivity contribution in [2.45, 2.75) is 26.8 Å². The van der Waals surface area contributed by atoms with E-state index in [4.69, 9.17) is 25.7 Å². The first kappa shape index (κ1) is 15.6. The molecule has 0 amide bonds. The molecule has 1 aromatic rings. The van der Waals surface area contributed by atoms with Crippen LogP contribution in [0, 0.1) is 0 Å². The maximum Gasteiger partial charge on any atom is 0.131 e. The Hall–Kier alpha value is -1.46. The molecule has 0 heterocycles. The van der Waals surface area contributed by atoms with Crippen LogP contribution in [0.2, 0.25) is 0 Å². The van der Waals surface area contributed by atoms with Gasteiger partial charge >= 0.3 is 0 Å². The molecule has 0 aliphatic heterocycles. The van der Waals surface area contributed by atoms with Crippen LogP contribution in [-0.2, 0) is 0 Å². The molecule has 1 aromatic carbocycles. The van der Waals surface area contributed by atoms with Crippen molar-refractivity contribution < 1.29 is 14.2 Å². The molecule has 1 unspecified atom stereocenters. The van der Waals surface area contributed by atoms with E-state index >= 15 is 0 Å². The molecule has 4 N–H and O–H groups in total. The number of nitrogens with two attached hydrogens (primary N) is 2. The van der Waals surface area contributed by atoms with Gasteiger partial charge in [-0.1, -0.05) is 0 Å². The van der Waals surface area contributed by atoms with Gasteiger partial charge in [0.05, 0.1) is 25.4 Å². The van der Waals surface area contributed by atoms with E-state index in [2.05, 4.69) is 0 Å².